The average molecular weight is 368 g/mol. The van der Waals surface area contributed by atoms with Crippen LogP contribution in [0.15, 0.2) is 12.2 Å². The molecule has 2 rings (SSSR count). The van der Waals surface area contributed by atoms with E-state index in [4.69, 9.17) is 0 Å². The number of hydrogen-bond donors (Lipinski definition) is 3. The molecule has 5 atom stereocenters. The summed E-state index contributed by atoms with van der Waals surface area (Å²) < 4.78 is 4.64. The Morgan fingerprint density at radius 3 is 2.85 bits per heavy atom. The lowest BCUT2D eigenvalue weighted by molar-refractivity contribution is -0.140. The first-order valence-electron chi connectivity index (χ1n) is 10.4. The Balaban J connectivity index is 1.76. The molecule has 0 spiro atoms. The second-order valence-electron chi connectivity index (χ2n) is 8.08. The van der Waals surface area contributed by atoms with Crippen LogP contribution < -0.4 is 5.32 Å². The Bertz CT molecular complexity index is 467. The topological polar surface area (TPSA) is 78.8 Å². The average Bonchev–Trinajstić information content (AvgIpc) is 2.91. The van der Waals surface area contributed by atoms with E-state index in [1.807, 2.05) is 0 Å². The lowest BCUT2D eigenvalue weighted by Gasteiger charge is -2.41. The number of aliphatic hydroxyl groups excluding tert-OH is 1. The fourth-order valence-electron chi connectivity index (χ4n) is 4.63. The molecule has 1 saturated carbocycles. The zero-order valence-corrected chi connectivity index (χ0v) is 16.5. The van der Waals surface area contributed by atoms with E-state index in [9.17, 15) is 15.0 Å². The van der Waals surface area contributed by atoms with Crippen molar-refractivity contribution in [3.8, 4) is 0 Å². The monoisotopic (exact) mass is 367 g/mol. The second-order valence-corrected chi connectivity index (χ2v) is 8.08. The lowest BCUT2D eigenvalue weighted by Crippen LogP contribution is -2.56. The van der Waals surface area contributed by atoms with Crippen molar-refractivity contribution < 1.29 is 19.7 Å². The van der Waals surface area contributed by atoms with Crippen molar-refractivity contribution in [2.24, 2.45) is 11.8 Å². The van der Waals surface area contributed by atoms with Crippen molar-refractivity contribution >= 4 is 5.97 Å². The van der Waals surface area contributed by atoms with E-state index in [1.165, 1.54) is 7.11 Å². The van der Waals surface area contributed by atoms with Gasteiger partial charge in [-0.2, -0.15) is 0 Å². The molecule has 2 unspecified atom stereocenters. The molecule has 1 aliphatic carbocycles. The minimum atomic E-state index is -0.741. The van der Waals surface area contributed by atoms with Gasteiger partial charge in [0.25, 0.3) is 0 Å². The predicted molar refractivity (Wildman–Crippen MR) is 102 cm³/mol. The number of carbonyl (C=O) groups is 1. The minimum absolute atomic E-state index is 0.160. The smallest absolute Gasteiger partial charge is 0.305 e. The number of carbonyl (C=O) groups excluding carboxylic acids is 1. The molecule has 2 fully saturated rings. The maximum Gasteiger partial charge on any atom is 0.305 e. The highest BCUT2D eigenvalue weighted by molar-refractivity contribution is 5.69. The highest BCUT2D eigenvalue weighted by Gasteiger charge is 2.48. The van der Waals surface area contributed by atoms with Crippen LogP contribution in [0.1, 0.15) is 77.6 Å². The van der Waals surface area contributed by atoms with Gasteiger partial charge in [-0.25, -0.2) is 0 Å². The summed E-state index contributed by atoms with van der Waals surface area (Å²) in [5.41, 5.74) is -0.741. The van der Waals surface area contributed by atoms with Crippen LogP contribution in [0, 0.1) is 11.8 Å². The van der Waals surface area contributed by atoms with Crippen LogP contribution in [0.3, 0.4) is 0 Å². The number of methoxy groups -OCH3 is 1. The van der Waals surface area contributed by atoms with Crippen molar-refractivity contribution in [2.45, 2.75) is 95.4 Å². The van der Waals surface area contributed by atoms with E-state index in [0.29, 0.717) is 12.3 Å². The van der Waals surface area contributed by atoms with Crippen molar-refractivity contribution in [3.05, 3.63) is 12.2 Å². The van der Waals surface area contributed by atoms with E-state index in [1.54, 1.807) is 0 Å². The number of ether oxygens (including phenoxy) is 1. The molecule has 0 radical (unpaired) electrons. The molecule has 0 amide bonds. The summed E-state index contributed by atoms with van der Waals surface area (Å²) in [5.74, 6) is 0.549. The van der Waals surface area contributed by atoms with Crippen molar-refractivity contribution in [1.29, 1.82) is 0 Å². The van der Waals surface area contributed by atoms with Gasteiger partial charge in [0.15, 0.2) is 0 Å². The number of unbranched alkanes of at least 4 members (excludes halogenated alkanes) is 3. The molecule has 26 heavy (non-hydrogen) atoms. The van der Waals surface area contributed by atoms with Crippen LogP contribution >= 0.6 is 0 Å². The molecule has 3 N–H and O–H groups in total. The van der Waals surface area contributed by atoms with E-state index in [2.05, 4.69) is 29.1 Å². The van der Waals surface area contributed by atoms with Gasteiger partial charge < -0.3 is 14.9 Å². The molecular formula is C21H37NO4. The molecule has 0 aromatic rings. The van der Waals surface area contributed by atoms with Gasteiger partial charge in [0.05, 0.1) is 13.2 Å². The molecule has 150 valence electrons. The van der Waals surface area contributed by atoms with Gasteiger partial charge in [0.2, 0.25) is 0 Å². The first-order valence-corrected chi connectivity index (χ1v) is 10.4. The number of fused-ring (bicyclic) bond motifs is 1. The molecule has 0 aromatic heterocycles. The number of allylic oxidation sites excluding steroid dienone is 2. The highest BCUT2D eigenvalue weighted by atomic mass is 16.5. The predicted octanol–water partition coefficient (Wildman–Crippen LogP) is 3.29. The number of piperidine rings is 1. The van der Waals surface area contributed by atoms with E-state index < -0.39 is 5.72 Å². The van der Waals surface area contributed by atoms with Crippen molar-refractivity contribution in [3.63, 3.8) is 0 Å². The Morgan fingerprint density at radius 1 is 1.31 bits per heavy atom. The summed E-state index contributed by atoms with van der Waals surface area (Å²) in [6.45, 7) is 2.18. The van der Waals surface area contributed by atoms with Gasteiger partial charge in [-0.1, -0.05) is 31.9 Å². The van der Waals surface area contributed by atoms with Gasteiger partial charge in [-0.3, -0.25) is 10.1 Å². The molecule has 2 aliphatic rings. The van der Waals surface area contributed by atoms with Crippen LogP contribution in [0.25, 0.3) is 0 Å². The Hall–Kier alpha value is -0.910. The molecule has 1 aliphatic heterocycles. The van der Waals surface area contributed by atoms with Gasteiger partial charge in [-0.05, 0) is 63.2 Å². The minimum Gasteiger partial charge on any atom is -0.469 e. The maximum absolute atomic E-state index is 11.1. The number of nitrogens with one attached hydrogen (secondary N) is 1. The van der Waals surface area contributed by atoms with Crippen LogP contribution in [0.4, 0.5) is 0 Å². The number of hydrogen-bond acceptors (Lipinski definition) is 5. The van der Waals surface area contributed by atoms with Crippen LogP contribution in [-0.2, 0) is 9.53 Å². The van der Waals surface area contributed by atoms with E-state index >= 15 is 0 Å². The summed E-state index contributed by atoms with van der Waals surface area (Å²) in [5, 5.41) is 24.8. The van der Waals surface area contributed by atoms with E-state index in [-0.39, 0.29) is 24.0 Å². The first-order chi connectivity index (χ1) is 12.5. The largest absolute Gasteiger partial charge is 0.469 e. The van der Waals surface area contributed by atoms with Gasteiger partial charge in [0, 0.05) is 12.5 Å². The fourth-order valence-corrected chi connectivity index (χ4v) is 4.63. The van der Waals surface area contributed by atoms with Crippen molar-refractivity contribution in [1.82, 2.24) is 5.32 Å². The third kappa shape index (κ3) is 6.07. The number of aliphatic hydroxyl groups is 2. The fraction of sp³-hybridized carbons (Fsp3) is 0.857. The van der Waals surface area contributed by atoms with Crippen LogP contribution in [-0.4, -0.2) is 41.2 Å². The summed E-state index contributed by atoms with van der Waals surface area (Å²) in [6, 6.07) is 0.225. The molecule has 0 aromatic carbocycles. The lowest BCUT2D eigenvalue weighted by atomic mass is 9.80. The molecule has 5 nitrogen and oxygen atoms in total. The van der Waals surface area contributed by atoms with E-state index in [0.717, 1.165) is 64.2 Å². The molecule has 0 bridgehead atoms. The van der Waals surface area contributed by atoms with Gasteiger partial charge >= 0.3 is 5.97 Å². The first kappa shape index (κ1) is 21.4. The van der Waals surface area contributed by atoms with Crippen molar-refractivity contribution in [2.75, 3.05) is 7.11 Å². The molecule has 5 heteroatoms. The van der Waals surface area contributed by atoms with Gasteiger partial charge in [0.1, 0.15) is 5.72 Å². The maximum atomic E-state index is 11.1. The SMILES string of the molecule is CCCCCC1(O)CC[C@H]2[C@@H](CC(O)[C@@H]2CC=CCCCC(=O)OC)N1. The quantitative estimate of drug-likeness (QED) is 0.314. The zero-order chi connectivity index (χ0) is 19.0. The molecule has 1 heterocycles. The van der Waals surface area contributed by atoms with Gasteiger partial charge in [-0.15, -0.1) is 0 Å². The van der Waals surface area contributed by atoms with Crippen LogP contribution in [0.2, 0.25) is 0 Å². The summed E-state index contributed by atoms with van der Waals surface area (Å²) in [4.78, 5) is 11.1. The highest BCUT2D eigenvalue weighted by Crippen LogP contribution is 2.43. The third-order valence-electron chi connectivity index (χ3n) is 6.15. The molecular weight excluding hydrogens is 330 g/mol. The zero-order valence-electron chi connectivity index (χ0n) is 16.5. The summed E-state index contributed by atoms with van der Waals surface area (Å²) in [6.07, 6.45) is 13.6. The Kier molecular flexibility index (Phi) is 8.58. The summed E-state index contributed by atoms with van der Waals surface area (Å²) >= 11 is 0. The second kappa shape index (κ2) is 10.4. The molecule has 1 saturated heterocycles. The normalized spacial score (nSPS) is 34.2. The standard InChI is InChI=1S/C21H37NO4/c1-3-4-9-13-21(25)14-12-16-17(19(23)15-18(16)22-21)10-7-5-6-8-11-20(24)26-2/h5,7,16-19,22-23,25H,3-4,6,8-15H2,1-2H3/t16-,17-,18-,19?,21?/m1/s1. The number of esters is 1. The summed E-state index contributed by atoms with van der Waals surface area (Å²) in [7, 11) is 1.42. The number of rotatable bonds is 10. The Labute approximate surface area is 158 Å². The Morgan fingerprint density at radius 2 is 2.12 bits per heavy atom. The third-order valence-corrected chi connectivity index (χ3v) is 6.15. The van der Waals surface area contributed by atoms with Crippen LogP contribution in [0.5, 0.6) is 0 Å².